The van der Waals surface area contributed by atoms with Crippen LogP contribution in [0.5, 0.6) is 5.75 Å². The summed E-state index contributed by atoms with van der Waals surface area (Å²) in [7, 11) is 0. The molecule has 0 aliphatic heterocycles. The van der Waals surface area contributed by atoms with Crippen molar-refractivity contribution in [1.82, 2.24) is 0 Å². The standard InChI is InChI=1S/C13H18N2O3.ClH/c14-13(9-4-2-1-3-5-9)11-8-10(16)6-7-12(11)15(17)18;/h6-9,13,16H,1-5,14H2;1H/t13-;/m1./s1. The highest BCUT2D eigenvalue weighted by molar-refractivity contribution is 5.85. The fourth-order valence-electron chi connectivity index (χ4n) is 2.72. The molecule has 0 aromatic heterocycles. The lowest BCUT2D eigenvalue weighted by molar-refractivity contribution is -0.385. The van der Waals surface area contributed by atoms with Crippen molar-refractivity contribution in [2.75, 3.05) is 0 Å². The molecular weight excluding hydrogens is 268 g/mol. The normalized spacial score (nSPS) is 17.5. The van der Waals surface area contributed by atoms with E-state index in [0.717, 1.165) is 25.7 Å². The average Bonchev–Trinajstić information content (AvgIpc) is 2.38. The van der Waals surface area contributed by atoms with Gasteiger partial charge in [-0.1, -0.05) is 19.3 Å². The first-order valence-corrected chi connectivity index (χ1v) is 6.32. The summed E-state index contributed by atoms with van der Waals surface area (Å²) in [6.45, 7) is 0. The highest BCUT2D eigenvalue weighted by Gasteiger charge is 2.27. The van der Waals surface area contributed by atoms with Gasteiger partial charge in [-0.2, -0.15) is 0 Å². The summed E-state index contributed by atoms with van der Waals surface area (Å²) in [4.78, 5) is 10.6. The lowest BCUT2D eigenvalue weighted by Gasteiger charge is -2.27. The molecule has 0 heterocycles. The Bertz CT molecular complexity index is 448. The van der Waals surface area contributed by atoms with E-state index in [1.54, 1.807) is 0 Å². The van der Waals surface area contributed by atoms with Crippen LogP contribution >= 0.6 is 12.4 Å². The minimum atomic E-state index is -0.433. The summed E-state index contributed by atoms with van der Waals surface area (Å²) in [6, 6.07) is 3.72. The molecule has 0 radical (unpaired) electrons. The second-order valence-corrected chi connectivity index (χ2v) is 4.92. The summed E-state index contributed by atoms with van der Waals surface area (Å²) in [5.41, 5.74) is 6.62. The maximum atomic E-state index is 11.0. The molecule has 0 amide bonds. The number of hydrogen-bond acceptors (Lipinski definition) is 4. The van der Waals surface area contributed by atoms with Crippen LogP contribution in [0.4, 0.5) is 5.69 Å². The fourth-order valence-corrected chi connectivity index (χ4v) is 2.72. The summed E-state index contributed by atoms with van der Waals surface area (Å²) in [5, 5.41) is 20.5. The molecule has 1 aromatic carbocycles. The lowest BCUT2D eigenvalue weighted by Crippen LogP contribution is -2.24. The molecule has 0 bridgehead atoms. The van der Waals surface area contributed by atoms with E-state index in [1.165, 1.54) is 24.6 Å². The smallest absolute Gasteiger partial charge is 0.274 e. The number of aromatic hydroxyl groups is 1. The van der Waals surface area contributed by atoms with Gasteiger partial charge in [0.25, 0.3) is 5.69 Å². The quantitative estimate of drug-likeness (QED) is 0.659. The molecule has 2 rings (SSSR count). The van der Waals surface area contributed by atoms with E-state index in [9.17, 15) is 15.2 Å². The van der Waals surface area contributed by atoms with Crippen LogP contribution in [-0.2, 0) is 0 Å². The van der Waals surface area contributed by atoms with Crippen LogP contribution in [-0.4, -0.2) is 10.0 Å². The van der Waals surface area contributed by atoms with Crippen LogP contribution in [0.15, 0.2) is 18.2 Å². The molecule has 1 atom stereocenters. The number of nitro groups is 1. The van der Waals surface area contributed by atoms with Gasteiger partial charge in [0.1, 0.15) is 5.75 Å². The molecule has 1 aromatic rings. The summed E-state index contributed by atoms with van der Waals surface area (Å²) >= 11 is 0. The van der Waals surface area contributed by atoms with Gasteiger partial charge < -0.3 is 10.8 Å². The van der Waals surface area contributed by atoms with E-state index in [2.05, 4.69) is 0 Å². The highest BCUT2D eigenvalue weighted by Crippen LogP contribution is 2.37. The Labute approximate surface area is 118 Å². The van der Waals surface area contributed by atoms with Crippen LogP contribution in [0, 0.1) is 16.0 Å². The SMILES string of the molecule is Cl.N[C@@H](c1cc(O)ccc1[N+](=O)[O-])C1CCCCC1. The predicted octanol–water partition coefficient (Wildman–Crippen LogP) is 3.30. The van der Waals surface area contributed by atoms with E-state index in [1.807, 2.05) is 0 Å². The average molecular weight is 287 g/mol. The zero-order chi connectivity index (χ0) is 13.1. The molecular formula is C13H19ClN2O3. The second kappa shape index (κ2) is 6.73. The van der Waals surface area contributed by atoms with Gasteiger partial charge in [-0.25, -0.2) is 0 Å². The number of rotatable bonds is 3. The molecule has 0 spiro atoms. The number of halogens is 1. The van der Waals surface area contributed by atoms with Crippen LogP contribution in [0.2, 0.25) is 0 Å². The molecule has 1 aliphatic carbocycles. The van der Waals surface area contributed by atoms with E-state index in [-0.39, 0.29) is 35.8 Å². The third-order valence-corrected chi connectivity index (χ3v) is 3.72. The maximum absolute atomic E-state index is 11.0. The Hall–Kier alpha value is -1.33. The summed E-state index contributed by atoms with van der Waals surface area (Å²) in [5.74, 6) is 0.307. The lowest BCUT2D eigenvalue weighted by atomic mass is 9.81. The van der Waals surface area contributed by atoms with E-state index < -0.39 is 4.92 Å². The van der Waals surface area contributed by atoms with Crippen LogP contribution in [0.25, 0.3) is 0 Å². The van der Waals surface area contributed by atoms with Gasteiger partial charge in [-0.15, -0.1) is 12.4 Å². The minimum absolute atomic E-state index is 0. The molecule has 106 valence electrons. The topological polar surface area (TPSA) is 89.4 Å². The van der Waals surface area contributed by atoms with Gasteiger partial charge in [-0.05, 0) is 30.9 Å². The Morgan fingerprint density at radius 2 is 1.95 bits per heavy atom. The van der Waals surface area contributed by atoms with Gasteiger partial charge in [0, 0.05) is 12.1 Å². The van der Waals surface area contributed by atoms with E-state index in [4.69, 9.17) is 5.73 Å². The number of phenolic OH excluding ortho intramolecular Hbond substituents is 1. The molecule has 19 heavy (non-hydrogen) atoms. The number of nitro benzene ring substituents is 1. The van der Waals surface area contributed by atoms with Gasteiger partial charge >= 0.3 is 0 Å². The van der Waals surface area contributed by atoms with Crippen molar-refractivity contribution in [3.63, 3.8) is 0 Å². The van der Waals surface area contributed by atoms with Crippen LogP contribution < -0.4 is 5.73 Å². The molecule has 0 saturated heterocycles. The van der Waals surface area contributed by atoms with Crippen LogP contribution in [0.1, 0.15) is 43.7 Å². The van der Waals surface area contributed by atoms with Crippen molar-refractivity contribution >= 4 is 18.1 Å². The molecule has 0 unspecified atom stereocenters. The first kappa shape index (κ1) is 15.7. The molecule has 6 heteroatoms. The van der Waals surface area contributed by atoms with Crippen LogP contribution in [0.3, 0.4) is 0 Å². The zero-order valence-electron chi connectivity index (χ0n) is 10.6. The fraction of sp³-hybridized carbons (Fsp3) is 0.538. The minimum Gasteiger partial charge on any atom is -0.508 e. The number of nitrogens with zero attached hydrogens (tertiary/aromatic N) is 1. The third-order valence-electron chi connectivity index (χ3n) is 3.72. The van der Waals surface area contributed by atoms with Gasteiger partial charge in [0.2, 0.25) is 0 Å². The van der Waals surface area contributed by atoms with Crippen molar-refractivity contribution in [3.8, 4) is 5.75 Å². The first-order chi connectivity index (χ1) is 8.59. The van der Waals surface area contributed by atoms with Crippen molar-refractivity contribution in [3.05, 3.63) is 33.9 Å². The highest BCUT2D eigenvalue weighted by atomic mass is 35.5. The Balaban J connectivity index is 0.00000180. The van der Waals surface area contributed by atoms with Gasteiger partial charge in [0.05, 0.1) is 10.5 Å². The number of phenols is 1. The summed E-state index contributed by atoms with van der Waals surface area (Å²) in [6.07, 6.45) is 5.49. The molecule has 3 N–H and O–H groups in total. The van der Waals surface area contributed by atoms with Crippen molar-refractivity contribution < 1.29 is 10.0 Å². The molecule has 1 fully saturated rings. The van der Waals surface area contributed by atoms with Crippen molar-refractivity contribution in [2.45, 2.75) is 38.1 Å². The Kier molecular flexibility index (Phi) is 5.57. The molecule has 1 saturated carbocycles. The third kappa shape index (κ3) is 3.58. The van der Waals surface area contributed by atoms with Gasteiger partial charge in [-0.3, -0.25) is 10.1 Å². The van der Waals surface area contributed by atoms with Crippen molar-refractivity contribution in [2.24, 2.45) is 11.7 Å². The predicted molar refractivity (Wildman–Crippen MR) is 75.5 cm³/mol. The first-order valence-electron chi connectivity index (χ1n) is 6.32. The molecule has 5 nitrogen and oxygen atoms in total. The maximum Gasteiger partial charge on any atom is 0.274 e. The second-order valence-electron chi connectivity index (χ2n) is 4.92. The van der Waals surface area contributed by atoms with E-state index in [0.29, 0.717) is 5.56 Å². The summed E-state index contributed by atoms with van der Waals surface area (Å²) < 4.78 is 0. The number of nitrogens with two attached hydrogens (primary N) is 1. The number of hydrogen-bond donors (Lipinski definition) is 2. The largest absolute Gasteiger partial charge is 0.508 e. The Morgan fingerprint density at radius 1 is 1.32 bits per heavy atom. The zero-order valence-corrected chi connectivity index (χ0v) is 11.4. The molecule has 1 aliphatic rings. The van der Waals surface area contributed by atoms with Crippen molar-refractivity contribution in [1.29, 1.82) is 0 Å². The van der Waals surface area contributed by atoms with Gasteiger partial charge in [0.15, 0.2) is 0 Å². The Morgan fingerprint density at radius 3 is 2.53 bits per heavy atom. The number of benzene rings is 1. The van der Waals surface area contributed by atoms with E-state index >= 15 is 0 Å². The monoisotopic (exact) mass is 286 g/mol.